The van der Waals surface area contributed by atoms with Crippen LogP contribution in [0.2, 0.25) is 0 Å². The van der Waals surface area contributed by atoms with Gasteiger partial charge in [-0.15, -0.1) is 0 Å². The van der Waals surface area contributed by atoms with Crippen molar-refractivity contribution in [3.63, 3.8) is 0 Å². The van der Waals surface area contributed by atoms with Crippen molar-refractivity contribution in [2.75, 3.05) is 0 Å². The van der Waals surface area contributed by atoms with Gasteiger partial charge in [-0.05, 0) is 11.1 Å². The van der Waals surface area contributed by atoms with Crippen molar-refractivity contribution in [3.8, 4) is 0 Å². The number of rotatable bonds is 2. The average Bonchev–Trinajstić information content (AvgIpc) is 2.51. The van der Waals surface area contributed by atoms with Gasteiger partial charge < -0.3 is 0 Å². The molecule has 124 valence electrons. The summed E-state index contributed by atoms with van der Waals surface area (Å²) in [6.45, 7) is 0. The van der Waals surface area contributed by atoms with Crippen molar-refractivity contribution in [2.24, 2.45) is 0 Å². The molecule has 0 aromatic heterocycles. The van der Waals surface area contributed by atoms with Gasteiger partial charge in [-0.25, -0.2) is 0 Å². The molecule has 0 unspecified atom stereocenters. The van der Waals surface area contributed by atoms with Gasteiger partial charge in [0.1, 0.15) is 0 Å². The van der Waals surface area contributed by atoms with E-state index in [1.807, 2.05) is 0 Å². The Balaban J connectivity index is 2.80. The van der Waals surface area contributed by atoms with E-state index in [1.54, 1.807) is 60.7 Å². The van der Waals surface area contributed by atoms with E-state index in [0.717, 1.165) is 0 Å². The lowest BCUT2D eigenvalue weighted by Gasteiger charge is -2.11. The van der Waals surface area contributed by atoms with Gasteiger partial charge in [-0.2, -0.15) is 26.3 Å². The Morgan fingerprint density at radius 3 is 1.29 bits per heavy atom. The van der Waals surface area contributed by atoms with E-state index in [1.165, 1.54) is 5.73 Å². The van der Waals surface area contributed by atoms with Gasteiger partial charge in [-0.1, -0.05) is 72.1 Å². The van der Waals surface area contributed by atoms with Crippen LogP contribution in [0.3, 0.4) is 0 Å². The van der Waals surface area contributed by atoms with E-state index >= 15 is 0 Å². The van der Waals surface area contributed by atoms with Crippen LogP contribution in [0.1, 0.15) is 11.1 Å². The molecule has 24 heavy (non-hydrogen) atoms. The number of halogens is 6. The van der Waals surface area contributed by atoms with Crippen molar-refractivity contribution in [1.29, 1.82) is 0 Å². The lowest BCUT2D eigenvalue weighted by Crippen LogP contribution is -2.25. The van der Waals surface area contributed by atoms with Crippen LogP contribution in [0.4, 0.5) is 26.3 Å². The highest BCUT2D eigenvalue weighted by Crippen LogP contribution is 2.37. The first kappa shape index (κ1) is 17.7. The topological polar surface area (TPSA) is 0 Å². The molecule has 0 radical (unpaired) electrons. The zero-order chi connectivity index (χ0) is 17.8. The van der Waals surface area contributed by atoms with Crippen LogP contribution in [-0.4, -0.2) is 12.4 Å². The summed E-state index contributed by atoms with van der Waals surface area (Å²) in [7, 11) is 0. The Morgan fingerprint density at radius 2 is 0.958 bits per heavy atom. The highest BCUT2D eigenvalue weighted by Gasteiger charge is 2.51. The molecular weight excluding hydrogens is 330 g/mol. The molecule has 0 saturated heterocycles. The summed E-state index contributed by atoms with van der Waals surface area (Å²) in [4.78, 5) is 0. The average molecular weight is 340 g/mol. The lowest BCUT2D eigenvalue weighted by molar-refractivity contribution is -0.171. The number of hydrogen-bond acceptors (Lipinski definition) is 0. The first-order valence-electron chi connectivity index (χ1n) is 6.71. The molecule has 0 aliphatic carbocycles. The van der Waals surface area contributed by atoms with Crippen LogP contribution in [0.5, 0.6) is 0 Å². The monoisotopic (exact) mass is 340 g/mol. The van der Waals surface area contributed by atoms with E-state index in [9.17, 15) is 26.3 Å². The molecule has 2 rings (SSSR count). The standard InChI is InChI=1S/C18H10F6/c19-17(20,21)16(18(22,23)24)12-11-15(13-7-3-1-4-8-13)14-9-5-2-6-10-14/h1-10H. The molecule has 0 atom stereocenters. The Hall–Kier alpha value is -2.68. The van der Waals surface area contributed by atoms with Crippen LogP contribution in [0.15, 0.2) is 77.7 Å². The first-order valence-corrected chi connectivity index (χ1v) is 6.71. The highest BCUT2D eigenvalue weighted by atomic mass is 19.4. The fourth-order valence-electron chi connectivity index (χ4n) is 1.95. The van der Waals surface area contributed by atoms with Crippen molar-refractivity contribution in [3.05, 3.63) is 88.8 Å². The Labute approximate surface area is 134 Å². The van der Waals surface area contributed by atoms with Gasteiger partial charge in [0.05, 0.1) is 0 Å². The summed E-state index contributed by atoms with van der Waals surface area (Å²) >= 11 is 0. The third kappa shape index (κ3) is 4.42. The maximum Gasteiger partial charge on any atom is 0.429 e. The molecule has 6 heteroatoms. The zero-order valence-electron chi connectivity index (χ0n) is 12.0. The SMILES string of the molecule is FC(F)(F)C(=C=C=C(c1ccccc1)c1ccccc1)C(F)(F)F. The van der Waals surface area contributed by atoms with Crippen LogP contribution in [-0.2, 0) is 0 Å². The van der Waals surface area contributed by atoms with Crippen LogP contribution in [0.25, 0.3) is 5.57 Å². The predicted molar refractivity (Wildman–Crippen MR) is 78.0 cm³/mol. The first-order chi connectivity index (χ1) is 11.2. The molecule has 2 aromatic carbocycles. The molecule has 0 heterocycles. The zero-order valence-corrected chi connectivity index (χ0v) is 12.0. The number of benzene rings is 2. The van der Waals surface area contributed by atoms with Crippen molar-refractivity contribution < 1.29 is 26.3 Å². The van der Waals surface area contributed by atoms with Crippen LogP contribution < -0.4 is 0 Å². The van der Waals surface area contributed by atoms with Crippen molar-refractivity contribution in [1.82, 2.24) is 0 Å². The fourth-order valence-corrected chi connectivity index (χ4v) is 1.95. The van der Waals surface area contributed by atoms with E-state index in [-0.39, 0.29) is 5.57 Å². The summed E-state index contributed by atoms with van der Waals surface area (Å²) in [5, 5.41) is 0. The summed E-state index contributed by atoms with van der Waals surface area (Å²) in [5.74, 6) is 0. The van der Waals surface area contributed by atoms with Crippen LogP contribution >= 0.6 is 0 Å². The molecule has 0 bridgehead atoms. The van der Waals surface area contributed by atoms with Crippen molar-refractivity contribution in [2.45, 2.75) is 12.4 Å². The molecule has 0 saturated carbocycles. The van der Waals surface area contributed by atoms with Crippen molar-refractivity contribution >= 4 is 5.57 Å². The Morgan fingerprint density at radius 1 is 0.583 bits per heavy atom. The second-order valence-electron chi connectivity index (χ2n) is 4.73. The third-order valence-electron chi connectivity index (χ3n) is 3.00. The maximum atomic E-state index is 12.6. The normalized spacial score (nSPS) is 11.4. The minimum Gasteiger partial charge on any atom is -0.165 e. The van der Waals surface area contributed by atoms with Gasteiger partial charge in [0.2, 0.25) is 0 Å². The Bertz CT molecular complexity index is 727. The highest BCUT2D eigenvalue weighted by molar-refractivity contribution is 5.79. The molecule has 0 aliphatic rings. The van der Waals surface area contributed by atoms with Gasteiger partial charge in [0.25, 0.3) is 0 Å². The summed E-state index contributed by atoms with van der Waals surface area (Å²) in [6.07, 6.45) is -11.1. The number of alkyl halides is 6. The smallest absolute Gasteiger partial charge is 0.165 e. The maximum absolute atomic E-state index is 12.6. The molecule has 0 spiro atoms. The minimum atomic E-state index is -5.57. The van der Waals surface area contributed by atoms with E-state index in [0.29, 0.717) is 11.1 Å². The van der Waals surface area contributed by atoms with Gasteiger partial charge >= 0.3 is 12.4 Å². The number of allylic oxidation sites excluding steroid dienone is 1. The number of hydrogen-bond donors (Lipinski definition) is 0. The molecule has 0 N–H and O–H groups in total. The minimum absolute atomic E-state index is 0.0854. The Kier molecular flexibility index (Phi) is 5.03. The molecule has 0 aliphatic heterocycles. The van der Waals surface area contributed by atoms with E-state index < -0.39 is 17.9 Å². The molecule has 0 nitrogen and oxygen atoms in total. The van der Waals surface area contributed by atoms with E-state index in [4.69, 9.17) is 0 Å². The van der Waals surface area contributed by atoms with Gasteiger partial charge in [0, 0.05) is 5.57 Å². The summed E-state index contributed by atoms with van der Waals surface area (Å²) < 4.78 is 75.6. The largest absolute Gasteiger partial charge is 0.429 e. The molecule has 0 amide bonds. The van der Waals surface area contributed by atoms with Gasteiger partial charge in [-0.3, -0.25) is 0 Å². The van der Waals surface area contributed by atoms with E-state index in [2.05, 4.69) is 5.73 Å². The quantitative estimate of drug-likeness (QED) is 0.470. The second-order valence-corrected chi connectivity index (χ2v) is 4.73. The van der Waals surface area contributed by atoms with Crippen LogP contribution in [0, 0.1) is 0 Å². The summed E-state index contributed by atoms with van der Waals surface area (Å²) in [6, 6.07) is 16.1. The molecular formula is C18H10F6. The molecule has 2 aromatic rings. The molecule has 0 fully saturated rings. The van der Waals surface area contributed by atoms with Gasteiger partial charge in [0.15, 0.2) is 5.57 Å². The fraction of sp³-hybridized carbons (Fsp3) is 0.111. The predicted octanol–water partition coefficient (Wildman–Crippen LogP) is 5.92. The second kappa shape index (κ2) is 6.83. The third-order valence-corrected chi connectivity index (χ3v) is 3.00. The summed E-state index contributed by atoms with van der Waals surface area (Å²) in [5.41, 5.74) is 1.55. The lowest BCUT2D eigenvalue weighted by atomic mass is 9.99.